The molecule has 1 N–H and O–H groups in total. The Morgan fingerprint density at radius 3 is 2.89 bits per heavy atom. The molecule has 1 unspecified atom stereocenters. The first-order valence-electron chi connectivity index (χ1n) is 5.88. The van der Waals surface area contributed by atoms with E-state index in [0.717, 1.165) is 17.1 Å². The van der Waals surface area contributed by atoms with Crippen molar-refractivity contribution in [3.05, 3.63) is 41.2 Å². The van der Waals surface area contributed by atoms with Crippen LogP contribution >= 0.6 is 11.8 Å². The maximum atomic E-state index is 4.69. The molecule has 1 aromatic carbocycles. The summed E-state index contributed by atoms with van der Waals surface area (Å²) in [5, 5.41) is 10.9. The van der Waals surface area contributed by atoms with Crippen molar-refractivity contribution in [1.29, 1.82) is 0 Å². The van der Waals surface area contributed by atoms with Gasteiger partial charge in [-0.15, -0.1) is 11.8 Å². The second-order valence-electron chi connectivity index (χ2n) is 4.17. The first-order chi connectivity index (χ1) is 8.70. The summed E-state index contributed by atoms with van der Waals surface area (Å²) >= 11 is 1.74. The number of aryl methyl sites for hydroxylation is 1. The lowest BCUT2D eigenvalue weighted by Crippen LogP contribution is -2.11. The quantitative estimate of drug-likeness (QED) is 0.840. The minimum atomic E-state index is 0.362. The third kappa shape index (κ3) is 3.11. The minimum absolute atomic E-state index is 0.362. The largest absolute Gasteiger partial charge is 0.313 e. The Kier molecular flexibility index (Phi) is 4.38. The number of aromatic nitrogens is 2. The monoisotopic (exact) mass is 263 g/mol. The van der Waals surface area contributed by atoms with Crippen LogP contribution in [0.1, 0.15) is 29.9 Å². The zero-order valence-corrected chi connectivity index (χ0v) is 11.6. The molecule has 0 bridgehead atoms. The van der Waals surface area contributed by atoms with Gasteiger partial charge in [0.2, 0.25) is 0 Å². The predicted molar refractivity (Wildman–Crippen MR) is 72.5 cm³/mol. The molecule has 0 saturated heterocycles. The number of thioether (sulfide) groups is 1. The zero-order chi connectivity index (χ0) is 13.0. The highest BCUT2D eigenvalue weighted by Crippen LogP contribution is 2.25. The first-order valence-corrected chi connectivity index (χ1v) is 6.87. The molecule has 96 valence electrons. The predicted octanol–water partition coefficient (Wildman–Crippen LogP) is 2.95. The minimum Gasteiger partial charge on any atom is -0.313 e. The Balaban J connectivity index is 2.04. The Morgan fingerprint density at radius 1 is 1.39 bits per heavy atom. The molecule has 0 amide bonds. The summed E-state index contributed by atoms with van der Waals surface area (Å²) in [6.45, 7) is 4.06. The van der Waals surface area contributed by atoms with E-state index in [-0.39, 0.29) is 0 Å². The molecule has 0 aliphatic rings. The summed E-state index contributed by atoms with van der Waals surface area (Å²) in [4.78, 5) is 1.23. The van der Waals surface area contributed by atoms with Gasteiger partial charge in [-0.2, -0.15) is 0 Å². The van der Waals surface area contributed by atoms with Gasteiger partial charge in [0.15, 0.2) is 0 Å². The third-order valence-electron chi connectivity index (χ3n) is 2.91. The average Bonchev–Trinajstić information content (AvgIpc) is 2.81. The summed E-state index contributed by atoms with van der Waals surface area (Å²) in [5.74, 6) is 0.784. The molecule has 1 aromatic heterocycles. The SMILES string of the molecule is CNC(C)c1cccc(SCc2nonc2C)c1. The van der Waals surface area contributed by atoms with Crippen LogP contribution in [0.2, 0.25) is 0 Å². The van der Waals surface area contributed by atoms with Crippen molar-refractivity contribution in [3.8, 4) is 0 Å². The molecule has 2 rings (SSSR count). The smallest absolute Gasteiger partial charge is 0.118 e. The van der Waals surface area contributed by atoms with Gasteiger partial charge in [0.1, 0.15) is 11.4 Å². The topological polar surface area (TPSA) is 51.0 Å². The van der Waals surface area contributed by atoms with E-state index in [2.05, 4.69) is 51.4 Å². The molecule has 0 aliphatic heterocycles. The highest BCUT2D eigenvalue weighted by Gasteiger charge is 2.07. The molecule has 4 nitrogen and oxygen atoms in total. The van der Waals surface area contributed by atoms with Gasteiger partial charge in [0.25, 0.3) is 0 Å². The van der Waals surface area contributed by atoms with Crippen LogP contribution in [0, 0.1) is 6.92 Å². The van der Waals surface area contributed by atoms with E-state index in [1.807, 2.05) is 14.0 Å². The third-order valence-corrected chi connectivity index (χ3v) is 3.92. The van der Waals surface area contributed by atoms with Gasteiger partial charge in [0, 0.05) is 16.7 Å². The maximum Gasteiger partial charge on any atom is 0.118 e. The lowest BCUT2D eigenvalue weighted by atomic mass is 10.1. The fourth-order valence-electron chi connectivity index (χ4n) is 1.57. The normalized spacial score (nSPS) is 12.6. The van der Waals surface area contributed by atoms with Crippen LogP contribution in [0.15, 0.2) is 33.8 Å². The van der Waals surface area contributed by atoms with Gasteiger partial charge in [-0.25, -0.2) is 4.63 Å². The molecule has 2 aromatic rings. The number of nitrogens with one attached hydrogen (secondary N) is 1. The van der Waals surface area contributed by atoms with Gasteiger partial charge in [-0.1, -0.05) is 22.4 Å². The van der Waals surface area contributed by atoms with E-state index >= 15 is 0 Å². The van der Waals surface area contributed by atoms with E-state index in [9.17, 15) is 0 Å². The summed E-state index contributed by atoms with van der Waals surface area (Å²) in [6.07, 6.45) is 0. The van der Waals surface area contributed by atoms with Crippen LogP contribution < -0.4 is 5.32 Å². The lowest BCUT2D eigenvalue weighted by Gasteiger charge is -2.11. The molecule has 0 fully saturated rings. The molecular weight excluding hydrogens is 246 g/mol. The van der Waals surface area contributed by atoms with Crippen LogP contribution in [-0.4, -0.2) is 17.4 Å². The van der Waals surface area contributed by atoms with Crippen LogP contribution in [-0.2, 0) is 5.75 Å². The molecular formula is C13H17N3OS. The molecule has 1 heterocycles. The summed E-state index contributed by atoms with van der Waals surface area (Å²) in [6, 6.07) is 8.89. The Labute approximate surface area is 111 Å². The van der Waals surface area contributed by atoms with Crippen LogP contribution in [0.5, 0.6) is 0 Å². The maximum absolute atomic E-state index is 4.69. The molecule has 18 heavy (non-hydrogen) atoms. The molecule has 1 atom stereocenters. The Hall–Kier alpha value is -1.33. The summed E-state index contributed by atoms with van der Waals surface area (Å²) in [5.41, 5.74) is 3.06. The van der Waals surface area contributed by atoms with Crippen molar-refractivity contribution in [2.75, 3.05) is 7.05 Å². The van der Waals surface area contributed by atoms with Crippen molar-refractivity contribution in [2.24, 2.45) is 0 Å². The molecule has 0 spiro atoms. The average molecular weight is 263 g/mol. The number of hydrogen-bond donors (Lipinski definition) is 1. The Bertz CT molecular complexity index is 512. The number of benzene rings is 1. The highest BCUT2D eigenvalue weighted by molar-refractivity contribution is 7.98. The van der Waals surface area contributed by atoms with Gasteiger partial charge in [-0.05, 0) is 38.6 Å². The van der Waals surface area contributed by atoms with Crippen LogP contribution in [0.4, 0.5) is 0 Å². The van der Waals surface area contributed by atoms with Crippen LogP contribution in [0.25, 0.3) is 0 Å². The van der Waals surface area contributed by atoms with Crippen molar-refractivity contribution in [1.82, 2.24) is 15.6 Å². The van der Waals surface area contributed by atoms with Crippen molar-refractivity contribution >= 4 is 11.8 Å². The second-order valence-corrected chi connectivity index (χ2v) is 5.22. The molecule has 5 heteroatoms. The summed E-state index contributed by atoms with van der Waals surface area (Å²) < 4.78 is 4.69. The fourth-order valence-corrected chi connectivity index (χ4v) is 2.53. The lowest BCUT2D eigenvalue weighted by molar-refractivity contribution is 0.302. The highest BCUT2D eigenvalue weighted by atomic mass is 32.2. The van der Waals surface area contributed by atoms with Gasteiger partial charge in [0.05, 0.1) is 0 Å². The first kappa shape index (κ1) is 13.1. The molecule has 0 aliphatic carbocycles. The van der Waals surface area contributed by atoms with Crippen LogP contribution in [0.3, 0.4) is 0 Å². The van der Waals surface area contributed by atoms with Gasteiger partial charge >= 0.3 is 0 Å². The van der Waals surface area contributed by atoms with E-state index < -0.39 is 0 Å². The molecule has 0 radical (unpaired) electrons. The standard InChI is InChI=1S/C13H17N3OS/c1-9(14-3)11-5-4-6-12(7-11)18-8-13-10(2)15-17-16-13/h4-7,9,14H,8H2,1-3H3. The number of rotatable bonds is 5. The van der Waals surface area contributed by atoms with Gasteiger partial charge < -0.3 is 5.32 Å². The van der Waals surface area contributed by atoms with Crippen molar-refractivity contribution in [3.63, 3.8) is 0 Å². The molecule has 0 saturated carbocycles. The van der Waals surface area contributed by atoms with E-state index in [4.69, 9.17) is 0 Å². The second kappa shape index (κ2) is 6.02. The van der Waals surface area contributed by atoms with Crippen molar-refractivity contribution < 1.29 is 4.63 Å². The zero-order valence-electron chi connectivity index (χ0n) is 10.8. The fraction of sp³-hybridized carbons (Fsp3) is 0.385. The van der Waals surface area contributed by atoms with E-state index in [1.54, 1.807) is 11.8 Å². The van der Waals surface area contributed by atoms with Crippen molar-refractivity contribution in [2.45, 2.75) is 30.5 Å². The van der Waals surface area contributed by atoms with E-state index in [0.29, 0.717) is 6.04 Å². The Morgan fingerprint density at radius 2 is 2.22 bits per heavy atom. The number of hydrogen-bond acceptors (Lipinski definition) is 5. The van der Waals surface area contributed by atoms with E-state index in [1.165, 1.54) is 10.5 Å². The summed E-state index contributed by atoms with van der Waals surface area (Å²) in [7, 11) is 1.97. The van der Waals surface area contributed by atoms with Gasteiger partial charge in [-0.3, -0.25) is 0 Å². The number of nitrogens with zero attached hydrogens (tertiary/aromatic N) is 2.